The molecule has 2 aromatic rings. The predicted octanol–water partition coefficient (Wildman–Crippen LogP) is 0.594. The molecule has 0 aliphatic rings. The third-order valence-corrected chi connectivity index (χ3v) is 5.30. The Balaban J connectivity index is 1.85. The second-order valence-electron chi connectivity index (χ2n) is 8.92. The van der Waals surface area contributed by atoms with Crippen LogP contribution < -0.4 is 21.3 Å². The maximum Gasteiger partial charge on any atom is 0.326 e. The van der Waals surface area contributed by atoms with Crippen molar-refractivity contribution < 1.29 is 38.2 Å². The number of amides is 4. The van der Waals surface area contributed by atoms with Crippen LogP contribution in [0.15, 0.2) is 48.5 Å². The number of carbonyl (C=O) groups excluding carboxylic acids is 6. The zero-order chi connectivity index (χ0) is 29.0. The minimum atomic E-state index is -1.55. The highest BCUT2D eigenvalue weighted by Crippen LogP contribution is 2.12. The van der Waals surface area contributed by atoms with Gasteiger partial charge >= 0.3 is 11.9 Å². The fraction of sp³-hybridized carbons (Fsp3) is 0.333. The van der Waals surface area contributed by atoms with Crippen molar-refractivity contribution in [1.82, 2.24) is 21.3 Å². The molecule has 0 bridgehead atoms. The molecule has 0 radical (unpaired) electrons. The first-order valence-electron chi connectivity index (χ1n) is 12.0. The summed E-state index contributed by atoms with van der Waals surface area (Å²) in [4.78, 5) is 71.9. The lowest BCUT2D eigenvalue weighted by Gasteiger charge is -2.24. The van der Waals surface area contributed by atoms with Crippen LogP contribution in [0.4, 0.5) is 0 Å². The van der Waals surface area contributed by atoms with Crippen LogP contribution in [-0.2, 0) is 41.7 Å². The van der Waals surface area contributed by atoms with E-state index in [1.54, 1.807) is 48.5 Å². The monoisotopic (exact) mass is 540 g/mol. The molecule has 12 heteroatoms. The molecule has 0 saturated carbocycles. The number of ether oxygens (including phenoxy) is 2. The summed E-state index contributed by atoms with van der Waals surface area (Å²) in [5.41, 5.74) is 0.349. The second kappa shape index (κ2) is 14.3. The summed E-state index contributed by atoms with van der Waals surface area (Å²) in [6.07, 6.45) is 0. The van der Waals surface area contributed by atoms with Crippen molar-refractivity contribution in [1.29, 1.82) is 0 Å². The third kappa shape index (κ3) is 10.3. The fourth-order valence-corrected chi connectivity index (χ4v) is 3.22. The highest BCUT2D eigenvalue weighted by atomic mass is 16.6. The van der Waals surface area contributed by atoms with E-state index in [0.717, 1.165) is 0 Å². The maximum atomic E-state index is 12.7. The predicted molar refractivity (Wildman–Crippen MR) is 139 cm³/mol. The van der Waals surface area contributed by atoms with Crippen molar-refractivity contribution in [2.24, 2.45) is 0 Å². The summed E-state index contributed by atoms with van der Waals surface area (Å²) in [5.74, 6) is -3.20. The molecule has 208 valence electrons. The molecule has 4 amide bonds. The first-order valence-corrected chi connectivity index (χ1v) is 12.0. The van der Waals surface area contributed by atoms with Crippen LogP contribution in [0.25, 0.3) is 0 Å². The lowest BCUT2D eigenvalue weighted by atomic mass is 10.1. The van der Waals surface area contributed by atoms with Crippen molar-refractivity contribution in [3.05, 3.63) is 70.8 Å². The second-order valence-corrected chi connectivity index (χ2v) is 8.92. The average molecular weight is 541 g/mol. The lowest BCUT2D eigenvalue weighted by Crippen LogP contribution is -2.46. The SMILES string of the molecule is COC(=O)CNC(=O)c1cccc(CNC(=O)C(C)(C)OC(=O)CNC(=O)c2cccc(CNC(C)=O)c2)c1. The largest absolute Gasteiger partial charge is 0.468 e. The third-order valence-electron chi connectivity index (χ3n) is 5.30. The minimum Gasteiger partial charge on any atom is -0.468 e. The summed E-state index contributed by atoms with van der Waals surface area (Å²) < 4.78 is 9.75. The highest BCUT2D eigenvalue weighted by molar-refractivity contribution is 5.97. The minimum absolute atomic E-state index is 0.0451. The molecule has 0 fully saturated rings. The molecule has 0 aliphatic heterocycles. The summed E-state index contributed by atoms with van der Waals surface area (Å²) >= 11 is 0. The molecule has 0 heterocycles. The summed E-state index contributed by atoms with van der Waals surface area (Å²) in [6, 6.07) is 13.0. The summed E-state index contributed by atoms with van der Waals surface area (Å²) in [7, 11) is 1.21. The molecule has 2 aromatic carbocycles. The first kappa shape index (κ1) is 30.5. The van der Waals surface area contributed by atoms with E-state index in [1.165, 1.54) is 27.9 Å². The van der Waals surface area contributed by atoms with Gasteiger partial charge in [-0.15, -0.1) is 0 Å². The van der Waals surface area contributed by atoms with E-state index in [2.05, 4.69) is 26.0 Å². The normalized spacial score (nSPS) is 10.6. The van der Waals surface area contributed by atoms with E-state index in [-0.39, 0.29) is 31.1 Å². The number of rotatable bonds is 12. The van der Waals surface area contributed by atoms with E-state index in [4.69, 9.17) is 4.74 Å². The van der Waals surface area contributed by atoms with Crippen LogP contribution in [0, 0.1) is 0 Å². The molecular formula is C27H32N4O8. The van der Waals surface area contributed by atoms with Crippen LogP contribution in [0.3, 0.4) is 0 Å². The van der Waals surface area contributed by atoms with Gasteiger partial charge in [0, 0.05) is 31.1 Å². The van der Waals surface area contributed by atoms with E-state index >= 15 is 0 Å². The van der Waals surface area contributed by atoms with E-state index in [1.807, 2.05) is 0 Å². The summed E-state index contributed by atoms with van der Waals surface area (Å²) in [5, 5.41) is 10.2. The Kier molecular flexibility index (Phi) is 11.1. The quantitative estimate of drug-likeness (QED) is 0.284. The van der Waals surface area contributed by atoms with E-state index in [9.17, 15) is 28.8 Å². The van der Waals surface area contributed by atoms with Crippen molar-refractivity contribution in [3.63, 3.8) is 0 Å². The Morgan fingerprint density at radius 1 is 0.718 bits per heavy atom. The molecule has 0 aromatic heterocycles. The zero-order valence-electron chi connectivity index (χ0n) is 22.2. The lowest BCUT2D eigenvalue weighted by molar-refractivity contribution is -0.164. The molecule has 0 atom stereocenters. The standard InChI is InChI=1S/C27H32N4O8/c1-17(32)28-13-18-7-5-9-20(11-18)25(36)30-16-23(34)39-27(2,3)26(37)31-14-19-8-6-10-21(12-19)24(35)29-15-22(33)38-4/h5-12H,13-16H2,1-4H3,(H,28,32)(H,29,35)(H,30,36)(H,31,37). The van der Waals surface area contributed by atoms with Crippen LogP contribution in [0.2, 0.25) is 0 Å². The maximum absolute atomic E-state index is 12.7. The van der Waals surface area contributed by atoms with Crippen LogP contribution >= 0.6 is 0 Å². The van der Waals surface area contributed by atoms with Gasteiger partial charge in [-0.3, -0.25) is 28.8 Å². The topological polar surface area (TPSA) is 169 Å². The number of nitrogens with one attached hydrogen (secondary N) is 4. The van der Waals surface area contributed by atoms with Gasteiger partial charge in [0.25, 0.3) is 17.7 Å². The molecule has 0 aliphatic carbocycles. The molecule has 2 rings (SSSR count). The molecule has 0 unspecified atom stereocenters. The number of benzene rings is 2. The molecule has 0 spiro atoms. The van der Waals surface area contributed by atoms with Crippen LogP contribution in [-0.4, -0.2) is 61.4 Å². The van der Waals surface area contributed by atoms with Gasteiger partial charge in [-0.1, -0.05) is 24.3 Å². The van der Waals surface area contributed by atoms with Gasteiger partial charge < -0.3 is 30.7 Å². The first-order chi connectivity index (χ1) is 18.4. The Bertz CT molecular complexity index is 1240. The molecule has 12 nitrogen and oxygen atoms in total. The van der Waals surface area contributed by atoms with Gasteiger partial charge in [0.2, 0.25) is 5.91 Å². The van der Waals surface area contributed by atoms with Crippen LogP contribution in [0.5, 0.6) is 0 Å². The van der Waals surface area contributed by atoms with Gasteiger partial charge in [0.1, 0.15) is 13.1 Å². The van der Waals surface area contributed by atoms with Gasteiger partial charge in [0.15, 0.2) is 5.60 Å². The highest BCUT2D eigenvalue weighted by Gasteiger charge is 2.32. The molecule has 0 saturated heterocycles. The van der Waals surface area contributed by atoms with Crippen molar-refractivity contribution in [2.75, 3.05) is 20.2 Å². The van der Waals surface area contributed by atoms with Gasteiger partial charge in [0.05, 0.1) is 7.11 Å². The Hall–Kier alpha value is -4.74. The number of esters is 2. The van der Waals surface area contributed by atoms with Crippen molar-refractivity contribution >= 4 is 35.6 Å². The number of hydrogen-bond acceptors (Lipinski definition) is 8. The summed E-state index contributed by atoms with van der Waals surface area (Å²) in [6.45, 7) is 3.77. The van der Waals surface area contributed by atoms with Crippen molar-refractivity contribution in [2.45, 2.75) is 39.5 Å². The number of carbonyl (C=O) groups is 6. The van der Waals surface area contributed by atoms with Crippen molar-refractivity contribution in [3.8, 4) is 0 Å². The Labute approximate surface area is 225 Å². The van der Waals surface area contributed by atoms with E-state index < -0.39 is 41.8 Å². The molecule has 39 heavy (non-hydrogen) atoms. The smallest absolute Gasteiger partial charge is 0.326 e. The van der Waals surface area contributed by atoms with E-state index in [0.29, 0.717) is 16.7 Å². The molecule has 4 N–H and O–H groups in total. The Morgan fingerprint density at radius 3 is 1.69 bits per heavy atom. The zero-order valence-corrected chi connectivity index (χ0v) is 22.2. The van der Waals surface area contributed by atoms with Crippen LogP contribution in [0.1, 0.15) is 52.6 Å². The van der Waals surface area contributed by atoms with Gasteiger partial charge in [-0.25, -0.2) is 0 Å². The number of methoxy groups -OCH3 is 1. The Morgan fingerprint density at radius 2 is 1.21 bits per heavy atom. The van der Waals surface area contributed by atoms with Gasteiger partial charge in [-0.05, 0) is 49.2 Å². The van der Waals surface area contributed by atoms with Gasteiger partial charge in [-0.2, -0.15) is 0 Å². The fourth-order valence-electron chi connectivity index (χ4n) is 3.22. The molecular weight excluding hydrogens is 508 g/mol. The number of hydrogen-bond donors (Lipinski definition) is 4. The average Bonchev–Trinajstić information content (AvgIpc) is 2.91.